The van der Waals surface area contributed by atoms with Crippen LogP contribution in [0.5, 0.6) is 0 Å². The third kappa shape index (κ3) is 5.04. The summed E-state index contributed by atoms with van der Waals surface area (Å²) in [6.07, 6.45) is 0. The van der Waals surface area contributed by atoms with Crippen molar-refractivity contribution >= 4 is 21.6 Å². The van der Waals surface area contributed by atoms with Crippen molar-refractivity contribution in [1.29, 1.82) is 0 Å². The SMILES string of the molecule is CC(C)c1ccc(S(=O)(=O)N2CCN(C(C)C(=O)Nc3ccccc3)CC2)cc1. The van der Waals surface area contributed by atoms with Crippen molar-refractivity contribution in [3.63, 3.8) is 0 Å². The third-order valence-corrected chi connectivity index (χ3v) is 7.34. The Morgan fingerprint density at radius 3 is 2.03 bits per heavy atom. The normalized spacial score (nSPS) is 17.2. The highest BCUT2D eigenvalue weighted by molar-refractivity contribution is 7.89. The minimum Gasteiger partial charge on any atom is -0.325 e. The van der Waals surface area contributed by atoms with Gasteiger partial charge >= 0.3 is 0 Å². The van der Waals surface area contributed by atoms with Gasteiger partial charge in [-0.1, -0.05) is 44.2 Å². The fourth-order valence-electron chi connectivity index (χ4n) is 3.44. The molecule has 29 heavy (non-hydrogen) atoms. The second-order valence-electron chi connectivity index (χ2n) is 7.70. The molecule has 0 radical (unpaired) electrons. The molecule has 3 rings (SSSR count). The molecule has 1 aliphatic rings. The summed E-state index contributed by atoms with van der Waals surface area (Å²) in [6, 6.07) is 16.1. The first-order valence-electron chi connectivity index (χ1n) is 9.99. The van der Waals surface area contributed by atoms with Gasteiger partial charge in [-0.15, -0.1) is 0 Å². The van der Waals surface area contributed by atoms with Crippen LogP contribution >= 0.6 is 0 Å². The zero-order valence-electron chi connectivity index (χ0n) is 17.2. The Labute approximate surface area is 173 Å². The molecule has 1 atom stereocenters. The average Bonchev–Trinajstić information content (AvgIpc) is 2.74. The highest BCUT2D eigenvalue weighted by Gasteiger charge is 2.31. The van der Waals surface area contributed by atoms with Crippen molar-refractivity contribution in [3.8, 4) is 0 Å². The van der Waals surface area contributed by atoms with Crippen molar-refractivity contribution in [2.75, 3.05) is 31.5 Å². The van der Waals surface area contributed by atoms with Gasteiger partial charge in [-0.05, 0) is 42.7 Å². The third-order valence-electron chi connectivity index (χ3n) is 5.43. The number of anilines is 1. The smallest absolute Gasteiger partial charge is 0.243 e. The molecule has 0 bridgehead atoms. The van der Waals surface area contributed by atoms with Gasteiger partial charge in [-0.3, -0.25) is 9.69 Å². The van der Waals surface area contributed by atoms with Gasteiger partial charge in [0.15, 0.2) is 0 Å². The lowest BCUT2D eigenvalue weighted by atomic mass is 10.0. The van der Waals surface area contributed by atoms with E-state index in [0.717, 1.165) is 11.3 Å². The zero-order valence-corrected chi connectivity index (χ0v) is 18.0. The number of rotatable bonds is 6. The van der Waals surface area contributed by atoms with Crippen LogP contribution in [0.1, 0.15) is 32.3 Å². The number of carbonyl (C=O) groups is 1. The number of nitrogens with zero attached hydrogens (tertiary/aromatic N) is 2. The van der Waals surface area contributed by atoms with Crippen molar-refractivity contribution in [2.45, 2.75) is 37.6 Å². The molecular formula is C22H29N3O3S. The number of amides is 1. The standard InChI is InChI=1S/C22H29N3O3S/c1-17(2)19-9-11-21(12-10-19)29(27,28)25-15-13-24(14-16-25)18(3)22(26)23-20-7-5-4-6-8-20/h4-12,17-18H,13-16H2,1-3H3,(H,23,26). The second-order valence-corrected chi connectivity index (χ2v) is 9.63. The summed E-state index contributed by atoms with van der Waals surface area (Å²) in [5.41, 5.74) is 1.88. The summed E-state index contributed by atoms with van der Waals surface area (Å²) in [6.45, 7) is 7.80. The van der Waals surface area contributed by atoms with Gasteiger partial charge in [0.25, 0.3) is 0 Å². The average molecular weight is 416 g/mol. The number of carbonyl (C=O) groups excluding carboxylic acids is 1. The predicted octanol–water partition coefficient (Wildman–Crippen LogP) is 3.14. The Bertz CT molecular complexity index is 920. The van der Waals surface area contributed by atoms with E-state index in [1.807, 2.05) is 54.3 Å². The van der Waals surface area contributed by atoms with Crippen LogP contribution in [-0.2, 0) is 14.8 Å². The van der Waals surface area contributed by atoms with Gasteiger partial charge in [0.05, 0.1) is 10.9 Å². The lowest BCUT2D eigenvalue weighted by molar-refractivity contribution is -0.121. The Morgan fingerprint density at radius 2 is 1.48 bits per heavy atom. The monoisotopic (exact) mass is 415 g/mol. The Kier molecular flexibility index (Phi) is 6.72. The Hall–Kier alpha value is -2.22. The maximum absolute atomic E-state index is 12.9. The summed E-state index contributed by atoms with van der Waals surface area (Å²) < 4.78 is 27.4. The van der Waals surface area contributed by atoms with Crippen LogP contribution in [-0.4, -0.2) is 55.8 Å². The van der Waals surface area contributed by atoms with E-state index in [-0.39, 0.29) is 11.9 Å². The van der Waals surface area contributed by atoms with E-state index in [1.165, 1.54) is 4.31 Å². The minimum atomic E-state index is -3.52. The van der Waals surface area contributed by atoms with Crippen molar-refractivity contribution in [1.82, 2.24) is 9.21 Å². The minimum absolute atomic E-state index is 0.0863. The van der Waals surface area contributed by atoms with Gasteiger partial charge < -0.3 is 5.32 Å². The fraction of sp³-hybridized carbons (Fsp3) is 0.409. The molecule has 2 aromatic rings. The molecule has 0 aromatic heterocycles. The second kappa shape index (κ2) is 9.07. The number of benzene rings is 2. The highest BCUT2D eigenvalue weighted by atomic mass is 32.2. The molecule has 0 aliphatic carbocycles. The maximum atomic E-state index is 12.9. The van der Waals surface area contributed by atoms with E-state index < -0.39 is 10.0 Å². The van der Waals surface area contributed by atoms with Gasteiger partial charge in [0.2, 0.25) is 15.9 Å². The molecule has 1 fully saturated rings. The summed E-state index contributed by atoms with van der Waals surface area (Å²) in [4.78, 5) is 14.9. The summed E-state index contributed by atoms with van der Waals surface area (Å²) in [5, 5.41) is 2.91. The van der Waals surface area contributed by atoms with Crippen LogP contribution in [0, 0.1) is 0 Å². The van der Waals surface area contributed by atoms with E-state index in [1.54, 1.807) is 12.1 Å². The number of hydrogen-bond acceptors (Lipinski definition) is 4. The molecule has 1 N–H and O–H groups in total. The van der Waals surface area contributed by atoms with E-state index >= 15 is 0 Å². The largest absolute Gasteiger partial charge is 0.325 e. The van der Waals surface area contributed by atoms with Gasteiger partial charge in [-0.25, -0.2) is 8.42 Å². The molecule has 156 valence electrons. The van der Waals surface area contributed by atoms with E-state index in [4.69, 9.17) is 0 Å². The molecule has 6 nitrogen and oxygen atoms in total. The predicted molar refractivity (Wildman–Crippen MR) is 115 cm³/mol. The summed E-state index contributed by atoms with van der Waals surface area (Å²) in [7, 11) is -3.52. The van der Waals surface area contributed by atoms with Gasteiger partial charge in [0, 0.05) is 31.9 Å². The van der Waals surface area contributed by atoms with E-state index in [0.29, 0.717) is 37.0 Å². The number of piperazine rings is 1. The first-order valence-corrected chi connectivity index (χ1v) is 11.4. The Balaban J connectivity index is 1.59. The first-order chi connectivity index (χ1) is 13.8. The summed E-state index contributed by atoms with van der Waals surface area (Å²) >= 11 is 0. The molecule has 1 heterocycles. The topological polar surface area (TPSA) is 69.7 Å². The van der Waals surface area contributed by atoms with E-state index in [2.05, 4.69) is 19.2 Å². The number of nitrogens with one attached hydrogen (secondary N) is 1. The molecule has 1 amide bonds. The lowest BCUT2D eigenvalue weighted by Gasteiger charge is -2.36. The number of para-hydroxylation sites is 1. The van der Waals surface area contributed by atoms with Gasteiger partial charge in [0.1, 0.15) is 0 Å². The van der Waals surface area contributed by atoms with Crippen LogP contribution in [0.3, 0.4) is 0 Å². The van der Waals surface area contributed by atoms with Crippen molar-refractivity contribution in [3.05, 3.63) is 60.2 Å². The summed E-state index contributed by atoms with van der Waals surface area (Å²) in [5.74, 6) is 0.274. The van der Waals surface area contributed by atoms with Crippen LogP contribution in [0.25, 0.3) is 0 Å². The zero-order chi connectivity index (χ0) is 21.0. The lowest BCUT2D eigenvalue weighted by Crippen LogP contribution is -2.53. The fourth-order valence-corrected chi connectivity index (χ4v) is 4.86. The first kappa shape index (κ1) is 21.5. The molecule has 7 heteroatoms. The van der Waals surface area contributed by atoms with Crippen LogP contribution in [0.15, 0.2) is 59.5 Å². The van der Waals surface area contributed by atoms with Gasteiger partial charge in [-0.2, -0.15) is 4.31 Å². The number of hydrogen-bond donors (Lipinski definition) is 1. The van der Waals surface area contributed by atoms with Crippen LogP contribution < -0.4 is 5.32 Å². The van der Waals surface area contributed by atoms with Crippen molar-refractivity contribution in [2.24, 2.45) is 0 Å². The van der Waals surface area contributed by atoms with Crippen LogP contribution in [0.2, 0.25) is 0 Å². The maximum Gasteiger partial charge on any atom is 0.243 e. The van der Waals surface area contributed by atoms with Crippen molar-refractivity contribution < 1.29 is 13.2 Å². The molecule has 1 unspecified atom stereocenters. The van der Waals surface area contributed by atoms with Crippen LogP contribution in [0.4, 0.5) is 5.69 Å². The molecule has 1 saturated heterocycles. The van der Waals surface area contributed by atoms with E-state index in [9.17, 15) is 13.2 Å². The quantitative estimate of drug-likeness (QED) is 0.787. The highest BCUT2D eigenvalue weighted by Crippen LogP contribution is 2.22. The number of sulfonamides is 1. The molecule has 2 aromatic carbocycles. The molecular weight excluding hydrogens is 386 g/mol. The Morgan fingerprint density at radius 1 is 0.897 bits per heavy atom. The molecule has 0 saturated carbocycles. The molecule has 1 aliphatic heterocycles. The molecule has 0 spiro atoms.